The fraction of sp³-hybridized carbons (Fsp3) is 0.579. The van der Waals surface area contributed by atoms with Crippen molar-refractivity contribution in [3.05, 3.63) is 24.3 Å². The van der Waals surface area contributed by atoms with Crippen LogP contribution >= 0.6 is 0 Å². The summed E-state index contributed by atoms with van der Waals surface area (Å²) in [6.45, 7) is 1.48. The lowest BCUT2D eigenvalue weighted by atomic mass is 9.86. The Bertz CT molecular complexity index is 757. The van der Waals surface area contributed by atoms with Crippen LogP contribution in [0.4, 0.5) is 5.69 Å². The summed E-state index contributed by atoms with van der Waals surface area (Å²) >= 11 is 0. The maximum absolute atomic E-state index is 12.2. The highest BCUT2D eigenvalue weighted by molar-refractivity contribution is 7.89. The van der Waals surface area contributed by atoms with Gasteiger partial charge in [0, 0.05) is 12.1 Å². The zero-order valence-electron chi connectivity index (χ0n) is 15.6. The Kier molecular flexibility index (Phi) is 7.79. The molecule has 1 saturated carbocycles. The number of amides is 1. The van der Waals surface area contributed by atoms with Gasteiger partial charge >= 0.3 is 5.97 Å². The van der Waals surface area contributed by atoms with E-state index in [1.165, 1.54) is 63.3 Å². The van der Waals surface area contributed by atoms with E-state index in [1.54, 1.807) is 0 Å². The second kappa shape index (κ2) is 9.85. The van der Waals surface area contributed by atoms with Gasteiger partial charge in [-0.1, -0.05) is 38.2 Å². The molecule has 0 heterocycles. The van der Waals surface area contributed by atoms with Gasteiger partial charge in [0.2, 0.25) is 10.0 Å². The molecule has 1 aliphatic carbocycles. The van der Waals surface area contributed by atoms with Crippen LogP contribution in [-0.4, -0.2) is 26.4 Å². The number of hydrogen-bond donors (Lipinski definition) is 2. The lowest BCUT2D eigenvalue weighted by Gasteiger charge is -2.21. The summed E-state index contributed by atoms with van der Waals surface area (Å²) in [5, 5.41) is 7.60. The minimum Gasteiger partial charge on any atom is -0.453 e. The number of anilines is 1. The number of primary sulfonamides is 1. The van der Waals surface area contributed by atoms with Gasteiger partial charge in [-0.3, -0.25) is 9.59 Å². The molecular weight excluding hydrogens is 368 g/mol. The Balaban J connectivity index is 1.76. The van der Waals surface area contributed by atoms with Gasteiger partial charge in [0.15, 0.2) is 6.10 Å². The first-order valence-corrected chi connectivity index (χ1v) is 10.9. The first-order valence-electron chi connectivity index (χ1n) is 9.39. The quantitative estimate of drug-likeness (QED) is 0.656. The second-order valence-corrected chi connectivity index (χ2v) is 8.65. The van der Waals surface area contributed by atoms with Crippen LogP contribution in [0.15, 0.2) is 29.2 Å². The Morgan fingerprint density at radius 2 is 1.96 bits per heavy atom. The van der Waals surface area contributed by atoms with Crippen molar-refractivity contribution in [1.29, 1.82) is 0 Å². The van der Waals surface area contributed by atoms with E-state index in [0.29, 0.717) is 12.3 Å². The first-order chi connectivity index (χ1) is 12.8. The zero-order chi connectivity index (χ0) is 19.9. The molecular formula is C19H28N2O5S. The first kappa shape index (κ1) is 21.4. The summed E-state index contributed by atoms with van der Waals surface area (Å²) in [5.41, 5.74) is 0.270. The van der Waals surface area contributed by atoms with E-state index < -0.39 is 28.0 Å². The Morgan fingerprint density at radius 1 is 1.26 bits per heavy atom. The molecule has 150 valence electrons. The van der Waals surface area contributed by atoms with Gasteiger partial charge in [-0.2, -0.15) is 0 Å². The van der Waals surface area contributed by atoms with E-state index in [2.05, 4.69) is 5.32 Å². The van der Waals surface area contributed by atoms with Crippen LogP contribution in [0.3, 0.4) is 0 Å². The summed E-state index contributed by atoms with van der Waals surface area (Å²) in [6.07, 6.45) is 7.48. The fourth-order valence-corrected chi connectivity index (χ4v) is 3.87. The lowest BCUT2D eigenvalue weighted by Crippen LogP contribution is -2.30. The summed E-state index contributed by atoms with van der Waals surface area (Å²) in [6, 6.07) is 5.59. The normalized spacial score (nSPS) is 16.5. The monoisotopic (exact) mass is 396 g/mol. The molecule has 0 saturated heterocycles. The van der Waals surface area contributed by atoms with E-state index in [-0.39, 0.29) is 10.6 Å². The van der Waals surface area contributed by atoms with Crippen molar-refractivity contribution >= 4 is 27.6 Å². The molecule has 0 aliphatic heterocycles. The van der Waals surface area contributed by atoms with Crippen LogP contribution in [0.25, 0.3) is 0 Å². The number of rotatable bonds is 8. The third-order valence-corrected chi connectivity index (χ3v) is 5.74. The van der Waals surface area contributed by atoms with Crippen molar-refractivity contribution in [2.24, 2.45) is 11.1 Å². The summed E-state index contributed by atoms with van der Waals surface area (Å²) in [7, 11) is -3.86. The molecule has 0 spiro atoms. The average Bonchev–Trinajstić information content (AvgIpc) is 2.62. The zero-order valence-corrected chi connectivity index (χ0v) is 16.5. The summed E-state index contributed by atoms with van der Waals surface area (Å²) in [5.74, 6) is -0.215. The number of ether oxygens (including phenoxy) is 1. The van der Waals surface area contributed by atoms with Crippen molar-refractivity contribution in [3.8, 4) is 0 Å². The van der Waals surface area contributed by atoms with Gasteiger partial charge in [0.25, 0.3) is 5.91 Å². The van der Waals surface area contributed by atoms with Crippen LogP contribution in [-0.2, 0) is 24.3 Å². The number of hydrogen-bond acceptors (Lipinski definition) is 5. The SMILES string of the molecule is C[C@@H](OC(=O)CCCC1CCCCC1)C(=O)Nc1cccc(S(N)(=O)=O)c1. The molecule has 0 bridgehead atoms. The molecule has 27 heavy (non-hydrogen) atoms. The number of esters is 1. The molecule has 0 aromatic heterocycles. The molecule has 8 heteroatoms. The minimum atomic E-state index is -3.86. The highest BCUT2D eigenvalue weighted by Gasteiger charge is 2.19. The molecule has 1 atom stereocenters. The van der Waals surface area contributed by atoms with Gasteiger partial charge in [0.1, 0.15) is 0 Å². The molecule has 1 fully saturated rings. The Hall–Kier alpha value is -1.93. The van der Waals surface area contributed by atoms with Crippen LogP contribution in [0.1, 0.15) is 58.3 Å². The van der Waals surface area contributed by atoms with Gasteiger partial charge in [-0.05, 0) is 43.9 Å². The van der Waals surface area contributed by atoms with Crippen LogP contribution in [0.2, 0.25) is 0 Å². The molecule has 2 rings (SSSR count). The number of nitrogens with two attached hydrogens (primary N) is 1. The number of nitrogens with one attached hydrogen (secondary N) is 1. The van der Waals surface area contributed by atoms with Gasteiger partial charge in [-0.15, -0.1) is 0 Å². The van der Waals surface area contributed by atoms with Gasteiger partial charge in [-0.25, -0.2) is 13.6 Å². The molecule has 1 aliphatic rings. The van der Waals surface area contributed by atoms with Crippen LogP contribution in [0.5, 0.6) is 0 Å². The van der Waals surface area contributed by atoms with Crippen molar-refractivity contribution in [3.63, 3.8) is 0 Å². The molecule has 1 aromatic carbocycles. The Labute approximate surface area is 160 Å². The van der Waals surface area contributed by atoms with Crippen LogP contribution in [0, 0.1) is 5.92 Å². The highest BCUT2D eigenvalue weighted by atomic mass is 32.2. The molecule has 0 radical (unpaired) electrons. The molecule has 0 unspecified atom stereocenters. The van der Waals surface area contributed by atoms with Crippen molar-refractivity contribution in [2.75, 3.05) is 5.32 Å². The van der Waals surface area contributed by atoms with Crippen molar-refractivity contribution in [1.82, 2.24) is 0 Å². The minimum absolute atomic E-state index is 0.104. The smallest absolute Gasteiger partial charge is 0.306 e. The van der Waals surface area contributed by atoms with E-state index >= 15 is 0 Å². The Morgan fingerprint density at radius 3 is 2.63 bits per heavy atom. The highest BCUT2D eigenvalue weighted by Crippen LogP contribution is 2.27. The largest absolute Gasteiger partial charge is 0.453 e. The lowest BCUT2D eigenvalue weighted by molar-refractivity contribution is -0.153. The number of sulfonamides is 1. The summed E-state index contributed by atoms with van der Waals surface area (Å²) in [4.78, 5) is 24.0. The predicted molar refractivity (Wildman–Crippen MR) is 102 cm³/mol. The van der Waals surface area contributed by atoms with Crippen molar-refractivity contribution in [2.45, 2.75) is 69.3 Å². The summed E-state index contributed by atoms with van der Waals surface area (Å²) < 4.78 is 27.9. The predicted octanol–water partition coefficient (Wildman–Crippen LogP) is 2.95. The maximum Gasteiger partial charge on any atom is 0.306 e. The fourth-order valence-electron chi connectivity index (χ4n) is 3.32. The van der Waals surface area contributed by atoms with E-state index in [0.717, 1.165) is 12.8 Å². The number of carbonyl (C=O) groups is 2. The average molecular weight is 397 g/mol. The van der Waals surface area contributed by atoms with E-state index in [1.807, 2.05) is 0 Å². The topological polar surface area (TPSA) is 116 Å². The number of carbonyl (C=O) groups excluding carboxylic acids is 2. The van der Waals surface area contributed by atoms with Crippen LogP contribution < -0.4 is 10.5 Å². The van der Waals surface area contributed by atoms with Crippen molar-refractivity contribution < 1.29 is 22.7 Å². The standard InChI is InChI=1S/C19H28N2O5S/c1-14(26-18(22)12-5-9-15-7-3-2-4-8-15)19(23)21-16-10-6-11-17(13-16)27(20,24)25/h6,10-11,13-15H,2-5,7-9,12H2,1H3,(H,21,23)(H2,20,24,25)/t14-/m1/s1. The third-order valence-electron chi connectivity index (χ3n) is 4.83. The third kappa shape index (κ3) is 7.30. The molecule has 3 N–H and O–H groups in total. The number of benzene rings is 1. The molecule has 7 nitrogen and oxygen atoms in total. The maximum atomic E-state index is 12.2. The molecule has 1 amide bonds. The van der Waals surface area contributed by atoms with Gasteiger partial charge < -0.3 is 10.1 Å². The van der Waals surface area contributed by atoms with E-state index in [4.69, 9.17) is 9.88 Å². The second-order valence-electron chi connectivity index (χ2n) is 7.09. The van der Waals surface area contributed by atoms with E-state index in [9.17, 15) is 18.0 Å². The molecule has 1 aromatic rings. The van der Waals surface area contributed by atoms with Gasteiger partial charge in [0.05, 0.1) is 4.90 Å².